The number of rotatable bonds is 5. The monoisotopic (exact) mass is 195 g/mol. The molecule has 3 nitrogen and oxygen atoms in total. The van der Waals surface area contributed by atoms with E-state index in [0.29, 0.717) is 13.2 Å². The highest BCUT2D eigenvalue weighted by Crippen LogP contribution is 2.20. The highest BCUT2D eigenvalue weighted by Gasteiger charge is 2.11. The van der Waals surface area contributed by atoms with Crippen LogP contribution in [0.15, 0.2) is 24.3 Å². The zero-order valence-electron chi connectivity index (χ0n) is 8.69. The van der Waals surface area contributed by atoms with Gasteiger partial charge in [-0.1, -0.05) is 24.3 Å². The smallest absolute Gasteiger partial charge is 0.0946 e. The molecule has 78 valence electrons. The van der Waals surface area contributed by atoms with Gasteiger partial charge < -0.3 is 15.2 Å². The number of methoxy groups -OCH3 is 2. The second kappa shape index (κ2) is 5.75. The van der Waals surface area contributed by atoms with E-state index < -0.39 is 0 Å². The average Bonchev–Trinajstić information content (AvgIpc) is 2.23. The molecule has 0 spiro atoms. The Morgan fingerprint density at radius 1 is 1.29 bits per heavy atom. The largest absolute Gasteiger partial charge is 0.380 e. The summed E-state index contributed by atoms with van der Waals surface area (Å²) in [5.74, 6) is 0. The first-order valence-electron chi connectivity index (χ1n) is 4.63. The fourth-order valence-electron chi connectivity index (χ4n) is 1.49. The van der Waals surface area contributed by atoms with Gasteiger partial charge in [0.25, 0.3) is 0 Å². The maximum atomic E-state index is 5.61. The Morgan fingerprint density at radius 2 is 2.00 bits per heavy atom. The van der Waals surface area contributed by atoms with Crippen LogP contribution < -0.4 is 5.73 Å². The van der Waals surface area contributed by atoms with Gasteiger partial charge in [-0.15, -0.1) is 0 Å². The molecule has 14 heavy (non-hydrogen) atoms. The van der Waals surface area contributed by atoms with Crippen molar-refractivity contribution in [3.05, 3.63) is 35.4 Å². The molecule has 0 fully saturated rings. The van der Waals surface area contributed by atoms with Gasteiger partial charge in [0.05, 0.1) is 12.7 Å². The van der Waals surface area contributed by atoms with E-state index in [-0.39, 0.29) is 6.10 Å². The molecule has 1 aromatic rings. The Kier molecular flexibility index (Phi) is 4.59. The zero-order valence-corrected chi connectivity index (χ0v) is 8.69. The Bertz CT molecular complexity index is 272. The van der Waals surface area contributed by atoms with Crippen molar-refractivity contribution >= 4 is 0 Å². The van der Waals surface area contributed by atoms with E-state index in [9.17, 15) is 0 Å². The van der Waals surface area contributed by atoms with E-state index in [4.69, 9.17) is 15.2 Å². The van der Waals surface area contributed by atoms with Crippen LogP contribution in [0.2, 0.25) is 0 Å². The molecule has 0 bridgehead atoms. The quantitative estimate of drug-likeness (QED) is 0.774. The zero-order chi connectivity index (χ0) is 10.4. The van der Waals surface area contributed by atoms with E-state index in [1.165, 1.54) is 0 Å². The summed E-state index contributed by atoms with van der Waals surface area (Å²) in [7, 11) is 3.35. The minimum Gasteiger partial charge on any atom is -0.380 e. The molecule has 0 saturated heterocycles. The van der Waals surface area contributed by atoms with Crippen LogP contribution in [0.5, 0.6) is 0 Å². The maximum absolute atomic E-state index is 5.61. The number of hydrogen-bond donors (Lipinski definition) is 1. The van der Waals surface area contributed by atoms with E-state index >= 15 is 0 Å². The number of benzene rings is 1. The summed E-state index contributed by atoms with van der Waals surface area (Å²) >= 11 is 0. The summed E-state index contributed by atoms with van der Waals surface area (Å²) in [6, 6.07) is 8.02. The number of nitrogens with two attached hydrogens (primary N) is 1. The lowest BCUT2D eigenvalue weighted by molar-refractivity contribution is 0.106. The van der Waals surface area contributed by atoms with E-state index in [1.54, 1.807) is 14.2 Å². The lowest BCUT2D eigenvalue weighted by Gasteiger charge is -2.16. The molecule has 0 amide bonds. The van der Waals surface area contributed by atoms with E-state index in [1.807, 2.05) is 24.3 Å². The van der Waals surface area contributed by atoms with Crippen LogP contribution in [0.3, 0.4) is 0 Å². The molecule has 0 aliphatic heterocycles. The van der Waals surface area contributed by atoms with Crippen LogP contribution in [0.4, 0.5) is 0 Å². The second-order valence-corrected chi connectivity index (χ2v) is 3.09. The van der Waals surface area contributed by atoms with Gasteiger partial charge >= 0.3 is 0 Å². The van der Waals surface area contributed by atoms with Crippen molar-refractivity contribution < 1.29 is 9.47 Å². The lowest BCUT2D eigenvalue weighted by atomic mass is 10.0. The van der Waals surface area contributed by atoms with Crippen LogP contribution in [0, 0.1) is 0 Å². The summed E-state index contributed by atoms with van der Waals surface area (Å²) in [5.41, 5.74) is 7.86. The molecule has 0 saturated carbocycles. The Morgan fingerprint density at radius 3 is 2.57 bits per heavy atom. The molecule has 1 rings (SSSR count). The lowest BCUT2D eigenvalue weighted by Crippen LogP contribution is -2.16. The minimum atomic E-state index is -0.0404. The molecule has 2 N–H and O–H groups in total. The van der Waals surface area contributed by atoms with E-state index in [0.717, 1.165) is 11.1 Å². The van der Waals surface area contributed by atoms with Gasteiger partial charge in [-0.25, -0.2) is 0 Å². The minimum absolute atomic E-state index is 0.0404. The molecular formula is C11H17NO2. The van der Waals surface area contributed by atoms with Crippen molar-refractivity contribution in [3.63, 3.8) is 0 Å². The van der Waals surface area contributed by atoms with E-state index in [2.05, 4.69) is 0 Å². The van der Waals surface area contributed by atoms with Gasteiger partial charge in [0.2, 0.25) is 0 Å². The van der Waals surface area contributed by atoms with Gasteiger partial charge in [-0.05, 0) is 11.1 Å². The predicted octanol–water partition coefficient (Wildman–Crippen LogP) is 1.48. The van der Waals surface area contributed by atoms with Crippen molar-refractivity contribution in [1.82, 2.24) is 0 Å². The maximum Gasteiger partial charge on any atom is 0.0946 e. The fraction of sp³-hybridized carbons (Fsp3) is 0.455. The third kappa shape index (κ3) is 2.54. The topological polar surface area (TPSA) is 44.5 Å². The summed E-state index contributed by atoms with van der Waals surface area (Å²) in [6.45, 7) is 1.08. The standard InChI is InChI=1S/C11H17NO2/c1-13-8-9-5-3-4-6-10(9)11(7-12)14-2/h3-6,11H,7-8,12H2,1-2H3. The van der Waals surface area contributed by atoms with Gasteiger partial charge in [-0.2, -0.15) is 0 Å². The third-order valence-corrected chi connectivity index (χ3v) is 2.20. The molecule has 0 heterocycles. The number of ether oxygens (including phenoxy) is 2. The Balaban J connectivity index is 2.92. The van der Waals surface area contributed by atoms with Crippen molar-refractivity contribution in [3.8, 4) is 0 Å². The number of hydrogen-bond acceptors (Lipinski definition) is 3. The van der Waals surface area contributed by atoms with Gasteiger partial charge in [0, 0.05) is 20.8 Å². The van der Waals surface area contributed by atoms with Crippen LogP contribution in [-0.4, -0.2) is 20.8 Å². The first-order valence-corrected chi connectivity index (χ1v) is 4.63. The molecule has 0 aromatic heterocycles. The molecular weight excluding hydrogens is 178 g/mol. The Labute approximate surface area is 84.8 Å². The van der Waals surface area contributed by atoms with Gasteiger partial charge in [0.15, 0.2) is 0 Å². The summed E-state index contributed by atoms with van der Waals surface area (Å²) in [5, 5.41) is 0. The van der Waals surface area contributed by atoms with Crippen molar-refractivity contribution in [2.75, 3.05) is 20.8 Å². The van der Waals surface area contributed by atoms with Crippen LogP contribution in [-0.2, 0) is 16.1 Å². The molecule has 0 aliphatic rings. The first kappa shape index (κ1) is 11.2. The van der Waals surface area contributed by atoms with Crippen molar-refractivity contribution in [1.29, 1.82) is 0 Å². The molecule has 0 radical (unpaired) electrons. The van der Waals surface area contributed by atoms with Crippen LogP contribution >= 0.6 is 0 Å². The Hall–Kier alpha value is -0.900. The van der Waals surface area contributed by atoms with Crippen LogP contribution in [0.25, 0.3) is 0 Å². The molecule has 0 aliphatic carbocycles. The molecule has 1 atom stereocenters. The normalized spacial score (nSPS) is 12.8. The second-order valence-electron chi connectivity index (χ2n) is 3.09. The summed E-state index contributed by atoms with van der Waals surface area (Å²) in [6.07, 6.45) is -0.0404. The fourth-order valence-corrected chi connectivity index (χ4v) is 1.49. The first-order chi connectivity index (χ1) is 6.83. The average molecular weight is 195 g/mol. The van der Waals surface area contributed by atoms with Crippen molar-refractivity contribution in [2.45, 2.75) is 12.7 Å². The van der Waals surface area contributed by atoms with Gasteiger partial charge in [0.1, 0.15) is 0 Å². The summed E-state index contributed by atoms with van der Waals surface area (Å²) < 4.78 is 10.4. The predicted molar refractivity (Wildman–Crippen MR) is 56.0 cm³/mol. The molecule has 1 aromatic carbocycles. The summed E-state index contributed by atoms with van der Waals surface area (Å²) in [4.78, 5) is 0. The van der Waals surface area contributed by atoms with Crippen LogP contribution in [0.1, 0.15) is 17.2 Å². The van der Waals surface area contributed by atoms with Crippen molar-refractivity contribution in [2.24, 2.45) is 5.73 Å². The highest BCUT2D eigenvalue weighted by atomic mass is 16.5. The molecule has 3 heteroatoms. The molecule has 1 unspecified atom stereocenters. The SMILES string of the molecule is COCc1ccccc1C(CN)OC. The van der Waals surface area contributed by atoms with Gasteiger partial charge in [-0.3, -0.25) is 0 Å². The highest BCUT2D eigenvalue weighted by molar-refractivity contribution is 5.28. The third-order valence-electron chi connectivity index (χ3n) is 2.20.